The van der Waals surface area contributed by atoms with Gasteiger partial charge in [0.25, 0.3) is 0 Å². The predicted octanol–water partition coefficient (Wildman–Crippen LogP) is -0.0833. The zero-order valence-corrected chi connectivity index (χ0v) is 19.1. The van der Waals surface area contributed by atoms with Gasteiger partial charge in [-0.25, -0.2) is 0 Å². The summed E-state index contributed by atoms with van der Waals surface area (Å²) in [6.45, 7) is 10.2. The maximum atomic E-state index is 12.7. The molecule has 3 saturated heterocycles. The van der Waals surface area contributed by atoms with Gasteiger partial charge >= 0.3 is 11.9 Å². The quantitative estimate of drug-likeness (QED) is 0.207. The number of hydrogen-bond donors (Lipinski definition) is 3. The number of hydrogen-bond acceptors (Lipinski definition) is 9. The van der Waals surface area contributed by atoms with Crippen LogP contribution < -0.4 is 0 Å². The van der Waals surface area contributed by atoms with Crippen molar-refractivity contribution in [3.63, 3.8) is 0 Å². The first-order valence-electron chi connectivity index (χ1n) is 11.0. The number of aliphatic hydroxyl groups is 3. The summed E-state index contributed by atoms with van der Waals surface area (Å²) in [5, 5.41) is 33.5. The van der Waals surface area contributed by atoms with Crippen LogP contribution in [-0.4, -0.2) is 87.1 Å². The molecular formula is C22H29ClO9. The number of esters is 2. The van der Waals surface area contributed by atoms with Gasteiger partial charge in [0.15, 0.2) is 11.7 Å². The first-order valence-corrected chi connectivity index (χ1v) is 11.4. The van der Waals surface area contributed by atoms with Crippen LogP contribution in [-0.2, 0) is 28.5 Å². The van der Waals surface area contributed by atoms with Gasteiger partial charge in [-0.3, -0.25) is 9.59 Å². The van der Waals surface area contributed by atoms with Gasteiger partial charge in [0, 0.05) is 18.3 Å². The summed E-state index contributed by atoms with van der Waals surface area (Å²) >= 11 is 6.66. The van der Waals surface area contributed by atoms with Gasteiger partial charge in [-0.2, -0.15) is 0 Å². The van der Waals surface area contributed by atoms with E-state index in [2.05, 4.69) is 6.58 Å². The number of ether oxygens (including phenoxy) is 4. The van der Waals surface area contributed by atoms with Gasteiger partial charge in [0.2, 0.25) is 0 Å². The van der Waals surface area contributed by atoms with Crippen molar-refractivity contribution < 1.29 is 43.9 Å². The minimum atomic E-state index is -2.04. The van der Waals surface area contributed by atoms with E-state index in [1.54, 1.807) is 13.8 Å². The van der Waals surface area contributed by atoms with Crippen LogP contribution in [0.1, 0.15) is 27.7 Å². The Balaban J connectivity index is 1.73. The zero-order chi connectivity index (χ0) is 23.5. The molecule has 3 heterocycles. The number of halogens is 1. The summed E-state index contributed by atoms with van der Waals surface area (Å²) in [5.41, 5.74) is -2.75. The zero-order valence-electron chi connectivity index (χ0n) is 18.3. The van der Waals surface area contributed by atoms with Gasteiger partial charge in [-0.1, -0.05) is 20.4 Å². The van der Waals surface area contributed by atoms with E-state index in [-0.39, 0.29) is 0 Å². The van der Waals surface area contributed by atoms with Crippen LogP contribution in [0.5, 0.6) is 0 Å². The van der Waals surface area contributed by atoms with Gasteiger partial charge in [-0.05, 0) is 18.4 Å². The maximum absolute atomic E-state index is 12.7. The summed E-state index contributed by atoms with van der Waals surface area (Å²) in [6.07, 6.45) is -6.87. The fraction of sp³-hybridized carbons (Fsp3) is 0.818. The molecule has 0 unspecified atom stereocenters. The van der Waals surface area contributed by atoms with E-state index in [1.807, 2.05) is 0 Å². The number of fused-ring (bicyclic) bond motifs is 5. The molecule has 0 aromatic rings. The number of alkyl halides is 1. The van der Waals surface area contributed by atoms with Crippen molar-refractivity contribution in [1.82, 2.24) is 0 Å². The molecule has 9 nitrogen and oxygen atoms in total. The molecule has 32 heavy (non-hydrogen) atoms. The lowest BCUT2D eigenvalue weighted by atomic mass is 9.53. The van der Waals surface area contributed by atoms with E-state index in [0.717, 1.165) is 0 Å². The summed E-state index contributed by atoms with van der Waals surface area (Å²) in [4.78, 5) is 24.9. The molecule has 2 saturated carbocycles. The fourth-order valence-electron chi connectivity index (χ4n) is 6.58. The van der Waals surface area contributed by atoms with Crippen molar-refractivity contribution in [1.29, 1.82) is 0 Å². The molecule has 0 amide bonds. The van der Waals surface area contributed by atoms with Gasteiger partial charge in [0.05, 0.1) is 29.6 Å². The minimum Gasteiger partial charge on any atom is -0.459 e. The molecule has 0 spiro atoms. The predicted molar refractivity (Wildman–Crippen MR) is 108 cm³/mol. The van der Waals surface area contributed by atoms with Crippen molar-refractivity contribution >= 4 is 23.5 Å². The minimum absolute atomic E-state index is 0.363. The SMILES string of the molecule is C=C1[C@H]2O[C@H]2[C@H](O)[C@]2(C)[C@H]([C@@H](C)[C@@H](O)[C@@H]3O[C@@H]32)[C@@H](OC(C)=O)[C@]2(O)[C@@H](C)C(=O)O[C@H]2[C@H]1Cl. The van der Waals surface area contributed by atoms with Gasteiger partial charge in [-0.15, -0.1) is 11.6 Å². The summed E-state index contributed by atoms with van der Waals surface area (Å²) in [6, 6.07) is 0. The van der Waals surface area contributed by atoms with Gasteiger partial charge in [0.1, 0.15) is 24.4 Å². The van der Waals surface area contributed by atoms with Crippen LogP contribution in [0.4, 0.5) is 0 Å². The molecule has 2 aliphatic carbocycles. The number of carbonyl (C=O) groups excluding carboxylic acids is 2. The molecule has 0 bridgehead atoms. The molecule has 14 atom stereocenters. The average Bonchev–Trinajstić information content (AvgIpc) is 3.64. The van der Waals surface area contributed by atoms with Crippen molar-refractivity contribution in [3.8, 4) is 0 Å². The second-order valence-electron chi connectivity index (χ2n) is 10.2. The molecule has 0 radical (unpaired) electrons. The lowest BCUT2D eigenvalue weighted by Crippen LogP contribution is -2.68. The van der Waals surface area contributed by atoms with Crippen LogP contribution in [0.15, 0.2) is 12.2 Å². The Labute approximate surface area is 190 Å². The monoisotopic (exact) mass is 472 g/mol. The van der Waals surface area contributed by atoms with E-state index in [9.17, 15) is 24.9 Å². The molecule has 0 aromatic heterocycles. The fourth-order valence-corrected chi connectivity index (χ4v) is 6.96. The Morgan fingerprint density at radius 1 is 1.19 bits per heavy atom. The van der Waals surface area contributed by atoms with Crippen LogP contribution >= 0.6 is 11.6 Å². The average molecular weight is 473 g/mol. The highest BCUT2D eigenvalue weighted by Gasteiger charge is 2.76. The molecule has 3 N–H and O–H groups in total. The highest BCUT2D eigenvalue weighted by atomic mass is 35.5. The number of aliphatic hydroxyl groups excluding tert-OH is 2. The molecule has 0 aromatic carbocycles. The van der Waals surface area contributed by atoms with E-state index >= 15 is 0 Å². The Hall–Kier alpha value is -1.23. The van der Waals surface area contributed by atoms with E-state index in [4.69, 9.17) is 30.5 Å². The number of epoxide rings is 2. The topological polar surface area (TPSA) is 138 Å². The molecular weight excluding hydrogens is 444 g/mol. The van der Waals surface area contributed by atoms with Crippen molar-refractivity contribution in [2.24, 2.45) is 23.2 Å². The highest BCUT2D eigenvalue weighted by Crippen LogP contribution is 2.62. The third kappa shape index (κ3) is 2.69. The molecule has 5 rings (SSSR count). The first kappa shape index (κ1) is 22.6. The molecule has 5 fully saturated rings. The third-order valence-electron chi connectivity index (χ3n) is 8.58. The first-order chi connectivity index (χ1) is 14.9. The summed E-state index contributed by atoms with van der Waals surface area (Å²) in [5.74, 6) is -3.83. The Bertz CT molecular complexity index is 879. The maximum Gasteiger partial charge on any atom is 0.312 e. The van der Waals surface area contributed by atoms with E-state index < -0.39 is 94.9 Å². The number of carbonyl (C=O) groups is 2. The lowest BCUT2D eigenvalue weighted by molar-refractivity contribution is -0.221. The van der Waals surface area contributed by atoms with Crippen LogP contribution in [0.2, 0.25) is 0 Å². The summed E-state index contributed by atoms with van der Waals surface area (Å²) in [7, 11) is 0. The molecule has 5 aliphatic rings. The normalized spacial score (nSPS) is 58.5. The Morgan fingerprint density at radius 3 is 2.47 bits per heavy atom. The third-order valence-corrected chi connectivity index (χ3v) is 9.09. The molecule has 178 valence electrons. The molecule has 3 aliphatic heterocycles. The van der Waals surface area contributed by atoms with E-state index in [1.165, 1.54) is 13.8 Å². The van der Waals surface area contributed by atoms with Gasteiger partial charge < -0.3 is 34.3 Å². The second kappa shape index (κ2) is 6.90. The molecule has 10 heteroatoms. The van der Waals surface area contributed by atoms with Crippen LogP contribution in [0.25, 0.3) is 0 Å². The highest BCUT2D eigenvalue weighted by molar-refractivity contribution is 6.23. The van der Waals surface area contributed by atoms with Crippen molar-refractivity contribution in [2.45, 2.75) is 87.5 Å². The smallest absolute Gasteiger partial charge is 0.312 e. The van der Waals surface area contributed by atoms with Crippen molar-refractivity contribution in [2.75, 3.05) is 0 Å². The Morgan fingerprint density at radius 2 is 1.84 bits per heavy atom. The lowest BCUT2D eigenvalue weighted by Gasteiger charge is -2.54. The van der Waals surface area contributed by atoms with Crippen LogP contribution in [0, 0.1) is 23.2 Å². The Kier molecular flexibility index (Phi) is 4.86. The van der Waals surface area contributed by atoms with Crippen LogP contribution in [0.3, 0.4) is 0 Å². The standard InChI is InChI=1S/C22H29ClO9/c1-6-10-17(29-9(4)24)22(28)8(3)20(27)32-18(22)11(23)7(2)13-15(30-13)16(26)21(10,5)19-14(31-19)12(6)25/h6,8,10-19,25-26,28H,2H2,1,3-5H3/t6-,8+,10-,11+,12-,13-,14+,15-,16+,17-,18+,19+,21+,22-/m1/s1. The largest absolute Gasteiger partial charge is 0.459 e. The van der Waals surface area contributed by atoms with Crippen molar-refractivity contribution in [3.05, 3.63) is 12.2 Å². The summed E-state index contributed by atoms with van der Waals surface area (Å²) < 4.78 is 22.8. The second-order valence-corrected chi connectivity index (χ2v) is 10.7. The van der Waals surface area contributed by atoms with E-state index in [0.29, 0.717) is 5.57 Å². The number of rotatable bonds is 1.